The third-order valence-electron chi connectivity index (χ3n) is 3.29. The highest BCUT2D eigenvalue weighted by atomic mass is 16.4. The Hall–Kier alpha value is -1.32. The van der Waals surface area contributed by atoms with Crippen LogP contribution >= 0.6 is 0 Å². The van der Waals surface area contributed by atoms with E-state index in [2.05, 4.69) is 11.9 Å². The lowest BCUT2D eigenvalue weighted by Crippen LogP contribution is -2.55. The summed E-state index contributed by atoms with van der Waals surface area (Å²) < 4.78 is 0. The van der Waals surface area contributed by atoms with Gasteiger partial charge >= 0.3 is 5.97 Å². The van der Waals surface area contributed by atoms with Crippen LogP contribution in [0.1, 0.15) is 46.0 Å². The van der Waals surface area contributed by atoms with Crippen LogP contribution in [0.2, 0.25) is 0 Å². The summed E-state index contributed by atoms with van der Waals surface area (Å²) in [5, 5.41) is 11.8. The molecule has 0 aromatic heterocycles. The Labute approximate surface area is 102 Å². The number of carbonyl (C=O) groups excluding carboxylic acids is 1. The predicted octanol–water partition coefficient (Wildman–Crippen LogP) is 2.10. The van der Waals surface area contributed by atoms with E-state index in [0.717, 1.165) is 24.8 Å². The molecule has 4 heteroatoms. The van der Waals surface area contributed by atoms with Gasteiger partial charge < -0.3 is 10.4 Å². The second kappa shape index (κ2) is 5.34. The Morgan fingerprint density at radius 2 is 2.06 bits per heavy atom. The Balaban J connectivity index is 2.53. The number of aliphatic carboxylic acids is 1. The van der Waals surface area contributed by atoms with Gasteiger partial charge in [0.1, 0.15) is 0 Å². The van der Waals surface area contributed by atoms with Crippen LogP contribution in [0.15, 0.2) is 12.2 Å². The molecule has 17 heavy (non-hydrogen) atoms. The summed E-state index contributed by atoms with van der Waals surface area (Å²) in [5.41, 5.74) is 0.472. The molecule has 0 heterocycles. The lowest BCUT2D eigenvalue weighted by atomic mass is 9.74. The number of carboxylic acid groups (broad SMARTS) is 1. The highest BCUT2D eigenvalue weighted by Gasteiger charge is 2.40. The molecule has 4 nitrogen and oxygen atoms in total. The van der Waals surface area contributed by atoms with Gasteiger partial charge in [0.25, 0.3) is 0 Å². The molecular formula is C13H21NO3. The van der Waals surface area contributed by atoms with E-state index >= 15 is 0 Å². The number of carboxylic acids is 1. The van der Waals surface area contributed by atoms with Crippen molar-refractivity contribution in [3.8, 4) is 0 Å². The van der Waals surface area contributed by atoms with Crippen LogP contribution in [0.25, 0.3) is 0 Å². The normalized spacial score (nSPS) is 18.9. The summed E-state index contributed by atoms with van der Waals surface area (Å²) in [4.78, 5) is 22.7. The molecule has 0 spiro atoms. The van der Waals surface area contributed by atoms with Gasteiger partial charge in [-0.2, -0.15) is 0 Å². The number of allylic oxidation sites excluding steroid dienone is 1. The smallest absolute Gasteiger partial charge is 0.305 e. The summed E-state index contributed by atoms with van der Waals surface area (Å²) in [7, 11) is 0. The van der Waals surface area contributed by atoms with Crippen LogP contribution < -0.4 is 5.32 Å². The maximum Gasteiger partial charge on any atom is 0.305 e. The average Bonchev–Trinajstić information content (AvgIpc) is 2.12. The molecular weight excluding hydrogens is 218 g/mol. The van der Waals surface area contributed by atoms with Crippen LogP contribution in [-0.4, -0.2) is 22.5 Å². The SMILES string of the molecule is C=C(C)CC(C)C(=O)NC1(CC(=O)O)CCC1. The zero-order chi connectivity index (χ0) is 13.1. The Bertz CT molecular complexity index is 332. The fraction of sp³-hybridized carbons (Fsp3) is 0.692. The van der Waals surface area contributed by atoms with E-state index in [-0.39, 0.29) is 18.2 Å². The fourth-order valence-corrected chi connectivity index (χ4v) is 2.24. The van der Waals surface area contributed by atoms with E-state index in [0.29, 0.717) is 6.42 Å². The van der Waals surface area contributed by atoms with Gasteiger partial charge in [0.05, 0.1) is 12.0 Å². The predicted molar refractivity (Wildman–Crippen MR) is 65.6 cm³/mol. The van der Waals surface area contributed by atoms with Gasteiger partial charge in [-0.25, -0.2) is 0 Å². The van der Waals surface area contributed by atoms with Crippen molar-refractivity contribution in [1.82, 2.24) is 5.32 Å². The van der Waals surface area contributed by atoms with Crippen molar-refractivity contribution >= 4 is 11.9 Å². The molecule has 1 aliphatic carbocycles. The number of amides is 1. The second-order valence-electron chi connectivity index (χ2n) is 5.26. The lowest BCUT2D eigenvalue weighted by Gasteiger charge is -2.42. The Morgan fingerprint density at radius 3 is 2.41 bits per heavy atom. The molecule has 1 fully saturated rings. The molecule has 1 saturated carbocycles. The van der Waals surface area contributed by atoms with Crippen molar-refractivity contribution in [3.05, 3.63) is 12.2 Å². The Morgan fingerprint density at radius 1 is 1.47 bits per heavy atom. The molecule has 0 aromatic carbocycles. The largest absolute Gasteiger partial charge is 0.481 e. The number of hydrogen-bond acceptors (Lipinski definition) is 2. The number of rotatable bonds is 6. The quantitative estimate of drug-likeness (QED) is 0.697. The van der Waals surface area contributed by atoms with Crippen molar-refractivity contribution in [3.63, 3.8) is 0 Å². The van der Waals surface area contributed by atoms with Crippen LogP contribution in [0.4, 0.5) is 0 Å². The monoisotopic (exact) mass is 239 g/mol. The minimum absolute atomic E-state index is 0.0263. The molecule has 96 valence electrons. The molecule has 0 radical (unpaired) electrons. The third kappa shape index (κ3) is 3.88. The minimum atomic E-state index is -0.849. The van der Waals surface area contributed by atoms with Gasteiger partial charge in [-0.1, -0.05) is 12.5 Å². The van der Waals surface area contributed by atoms with Crippen molar-refractivity contribution in [2.45, 2.75) is 51.5 Å². The van der Waals surface area contributed by atoms with Crippen molar-refractivity contribution in [2.24, 2.45) is 5.92 Å². The fourth-order valence-electron chi connectivity index (χ4n) is 2.24. The van der Waals surface area contributed by atoms with Crippen molar-refractivity contribution in [1.29, 1.82) is 0 Å². The molecule has 0 bridgehead atoms. The molecule has 1 aliphatic rings. The highest BCUT2D eigenvalue weighted by Crippen LogP contribution is 2.35. The summed E-state index contributed by atoms with van der Waals surface area (Å²) in [6.07, 6.45) is 3.20. The summed E-state index contributed by atoms with van der Waals surface area (Å²) >= 11 is 0. The maximum atomic E-state index is 11.9. The second-order valence-corrected chi connectivity index (χ2v) is 5.26. The summed E-state index contributed by atoms with van der Waals surface area (Å²) in [6.45, 7) is 7.52. The molecule has 1 unspecified atom stereocenters. The molecule has 1 rings (SSSR count). The minimum Gasteiger partial charge on any atom is -0.481 e. The summed E-state index contributed by atoms with van der Waals surface area (Å²) in [6, 6.07) is 0. The average molecular weight is 239 g/mol. The van der Waals surface area contributed by atoms with E-state index in [1.165, 1.54) is 0 Å². The number of nitrogens with one attached hydrogen (secondary N) is 1. The molecule has 0 aromatic rings. The van der Waals surface area contributed by atoms with Crippen LogP contribution in [0, 0.1) is 5.92 Å². The van der Waals surface area contributed by atoms with E-state index < -0.39 is 11.5 Å². The molecule has 0 aliphatic heterocycles. The van der Waals surface area contributed by atoms with Gasteiger partial charge in [-0.05, 0) is 32.6 Å². The van der Waals surface area contributed by atoms with Crippen LogP contribution in [0.3, 0.4) is 0 Å². The first kappa shape index (κ1) is 13.7. The molecule has 2 N–H and O–H groups in total. The van der Waals surface area contributed by atoms with Gasteiger partial charge in [-0.15, -0.1) is 6.58 Å². The Kier molecular flexibility index (Phi) is 4.32. The van der Waals surface area contributed by atoms with Crippen molar-refractivity contribution in [2.75, 3.05) is 0 Å². The van der Waals surface area contributed by atoms with E-state index in [9.17, 15) is 9.59 Å². The topological polar surface area (TPSA) is 66.4 Å². The van der Waals surface area contributed by atoms with Crippen LogP contribution in [0.5, 0.6) is 0 Å². The van der Waals surface area contributed by atoms with E-state index in [1.807, 2.05) is 13.8 Å². The third-order valence-corrected chi connectivity index (χ3v) is 3.29. The number of hydrogen-bond donors (Lipinski definition) is 2. The van der Waals surface area contributed by atoms with Gasteiger partial charge in [0, 0.05) is 5.92 Å². The lowest BCUT2D eigenvalue weighted by molar-refractivity contribution is -0.140. The van der Waals surface area contributed by atoms with E-state index in [1.54, 1.807) is 0 Å². The van der Waals surface area contributed by atoms with Gasteiger partial charge in [-0.3, -0.25) is 9.59 Å². The zero-order valence-corrected chi connectivity index (χ0v) is 10.6. The maximum absolute atomic E-state index is 11.9. The van der Waals surface area contributed by atoms with E-state index in [4.69, 9.17) is 5.11 Å². The van der Waals surface area contributed by atoms with Gasteiger partial charge in [0.2, 0.25) is 5.91 Å². The molecule has 1 atom stereocenters. The highest BCUT2D eigenvalue weighted by molar-refractivity contribution is 5.80. The molecule has 1 amide bonds. The first-order chi connectivity index (χ1) is 7.84. The standard InChI is InChI=1S/C13H21NO3/c1-9(2)7-10(3)12(17)14-13(5-4-6-13)8-11(15)16/h10H,1,4-8H2,2-3H3,(H,14,17)(H,15,16). The first-order valence-electron chi connectivity index (χ1n) is 6.03. The number of carbonyl (C=O) groups is 2. The van der Waals surface area contributed by atoms with Gasteiger partial charge in [0.15, 0.2) is 0 Å². The zero-order valence-electron chi connectivity index (χ0n) is 10.6. The summed E-state index contributed by atoms with van der Waals surface area (Å²) in [5.74, 6) is -1.05. The molecule has 0 saturated heterocycles. The van der Waals surface area contributed by atoms with Crippen LogP contribution in [-0.2, 0) is 9.59 Å². The first-order valence-corrected chi connectivity index (χ1v) is 6.03. The van der Waals surface area contributed by atoms with Crippen molar-refractivity contribution < 1.29 is 14.7 Å².